The molecule has 25 heavy (non-hydrogen) atoms. The molecule has 0 fully saturated rings. The van der Waals surface area contributed by atoms with Crippen molar-refractivity contribution in [1.29, 1.82) is 0 Å². The van der Waals surface area contributed by atoms with Crippen LogP contribution in [0.2, 0.25) is 0 Å². The second kappa shape index (κ2) is 6.73. The first-order valence-corrected chi connectivity index (χ1v) is 8.36. The lowest BCUT2D eigenvalue weighted by atomic mass is 10.00. The van der Waals surface area contributed by atoms with E-state index in [-0.39, 0.29) is 5.78 Å². The summed E-state index contributed by atoms with van der Waals surface area (Å²) in [5, 5.41) is 1.16. The van der Waals surface area contributed by atoms with Crippen LogP contribution in [0, 0.1) is 0 Å². The first-order chi connectivity index (χ1) is 12.3. The first-order valence-electron chi connectivity index (χ1n) is 8.36. The molecule has 0 saturated heterocycles. The highest BCUT2D eigenvalue weighted by molar-refractivity contribution is 5.97. The van der Waals surface area contributed by atoms with Gasteiger partial charge in [-0.1, -0.05) is 54.6 Å². The van der Waals surface area contributed by atoms with Crippen molar-refractivity contribution in [3.05, 3.63) is 101 Å². The summed E-state index contributed by atoms with van der Waals surface area (Å²) in [7, 11) is 0. The van der Waals surface area contributed by atoms with E-state index in [0.717, 1.165) is 28.6 Å². The van der Waals surface area contributed by atoms with Crippen molar-refractivity contribution in [2.24, 2.45) is 0 Å². The second-order valence-electron chi connectivity index (χ2n) is 6.17. The molecule has 1 N–H and O–H groups in total. The SMILES string of the molecule is O=C(Cc1ccc(Cc2c[nH]c3ncccc23)cc1)c1ccccc1. The maximum Gasteiger partial charge on any atom is 0.167 e. The van der Waals surface area contributed by atoms with Gasteiger partial charge >= 0.3 is 0 Å². The lowest BCUT2D eigenvalue weighted by molar-refractivity contribution is 0.0993. The van der Waals surface area contributed by atoms with Crippen LogP contribution < -0.4 is 0 Å². The number of pyridine rings is 1. The van der Waals surface area contributed by atoms with Gasteiger partial charge in [-0.3, -0.25) is 4.79 Å². The molecule has 2 heterocycles. The molecule has 122 valence electrons. The number of hydrogen-bond donors (Lipinski definition) is 1. The zero-order chi connectivity index (χ0) is 17.1. The van der Waals surface area contributed by atoms with Gasteiger partial charge in [-0.2, -0.15) is 0 Å². The van der Waals surface area contributed by atoms with Crippen molar-refractivity contribution in [2.75, 3.05) is 0 Å². The molecule has 4 rings (SSSR count). The van der Waals surface area contributed by atoms with Crippen LogP contribution in [-0.2, 0) is 12.8 Å². The van der Waals surface area contributed by atoms with Crippen LogP contribution in [0.15, 0.2) is 79.1 Å². The molecule has 0 aliphatic heterocycles. The third-order valence-electron chi connectivity index (χ3n) is 4.41. The van der Waals surface area contributed by atoms with E-state index in [2.05, 4.69) is 28.2 Å². The Morgan fingerprint density at radius 2 is 1.64 bits per heavy atom. The Hall–Kier alpha value is -3.20. The number of benzene rings is 2. The van der Waals surface area contributed by atoms with E-state index in [9.17, 15) is 4.79 Å². The molecule has 3 heteroatoms. The molecule has 4 aromatic rings. The summed E-state index contributed by atoms with van der Waals surface area (Å²) in [6, 6.07) is 21.8. The van der Waals surface area contributed by atoms with Gasteiger partial charge in [0.2, 0.25) is 0 Å². The number of rotatable bonds is 5. The van der Waals surface area contributed by atoms with Gasteiger partial charge in [0.05, 0.1) is 0 Å². The van der Waals surface area contributed by atoms with E-state index < -0.39 is 0 Å². The lowest BCUT2D eigenvalue weighted by Gasteiger charge is -2.04. The van der Waals surface area contributed by atoms with Gasteiger partial charge < -0.3 is 4.98 Å². The Morgan fingerprint density at radius 1 is 0.880 bits per heavy atom. The molecular weight excluding hydrogens is 308 g/mol. The van der Waals surface area contributed by atoms with Gasteiger partial charge in [-0.05, 0) is 35.2 Å². The highest BCUT2D eigenvalue weighted by Gasteiger charge is 2.08. The second-order valence-corrected chi connectivity index (χ2v) is 6.17. The molecule has 3 nitrogen and oxygen atoms in total. The fraction of sp³-hybridized carbons (Fsp3) is 0.0909. The molecule has 0 aliphatic rings. The van der Waals surface area contributed by atoms with Gasteiger partial charge in [-0.25, -0.2) is 4.98 Å². The predicted molar refractivity (Wildman–Crippen MR) is 99.8 cm³/mol. The summed E-state index contributed by atoms with van der Waals surface area (Å²) in [5.41, 5.74) is 5.18. The van der Waals surface area contributed by atoms with Gasteiger partial charge in [0.15, 0.2) is 5.78 Å². The normalized spacial score (nSPS) is 10.9. The topological polar surface area (TPSA) is 45.8 Å². The Morgan fingerprint density at radius 3 is 2.44 bits per heavy atom. The molecule has 0 atom stereocenters. The molecule has 2 aromatic carbocycles. The Kier molecular flexibility index (Phi) is 4.13. The van der Waals surface area contributed by atoms with E-state index in [1.54, 1.807) is 6.20 Å². The fourth-order valence-corrected chi connectivity index (χ4v) is 3.07. The maximum atomic E-state index is 12.3. The number of carbonyl (C=O) groups excluding carboxylic acids is 1. The standard InChI is InChI=1S/C22H18N2O/c25-21(18-5-2-1-3-6-18)14-17-10-8-16(9-11-17)13-19-15-24-22-20(19)7-4-12-23-22/h1-12,15H,13-14H2,(H,23,24). The number of hydrogen-bond acceptors (Lipinski definition) is 2. The van der Waals surface area contributed by atoms with E-state index in [1.807, 2.05) is 54.7 Å². The van der Waals surface area contributed by atoms with E-state index >= 15 is 0 Å². The van der Waals surface area contributed by atoms with Gasteiger partial charge in [0, 0.05) is 29.8 Å². The molecular formula is C22H18N2O. The van der Waals surface area contributed by atoms with Crippen LogP contribution >= 0.6 is 0 Å². The summed E-state index contributed by atoms with van der Waals surface area (Å²) in [4.78, 5) is 19.8. The Bertz CT molecular complexity index is 1000. The number of carbonyl (C=O) groups is 1. The van der Waals surface area contributed by atoms with Crippen molar-refractivity contribution in [1.82, 2.24) is 9.97 Å². The minimum absolute atomic E-state index is 0.149. The Labute approximate surface area is 146 Å². The number of ketones is 1. The summed E-state index contributed by atoms with van der Waals surface area (Å²) in [5.74, 6) is 0.149. The van der Waals surface area contributed by atoms with Crippen molar-refractivity contribution in [3.8, 4) is 0 Å². The third-order valence-corrected chi connectivity index (χ3v) is 4.41. The lowest BCUT2D eigenvalue weighted by Crippen LogP contribution is -2.03. The fourth-order valence-electron chi connectivity index (χ4n) is 3.07. The molecule has 0 amide bonds. The number of H-pyrrole nitrogens is 1. The number of aromatic nitrogens is 2. The van der Waals surface area contributed by atoms with Crippen LogP contribution in [0.25, 0.3) is 11.0 Å². The van der Waals surface area contributed by atoms with Gasteiger partial charge in [0.25, 0.3) is 0 Å². The predicted octanol–water partition coefficient (Wildman–Crippen LogP) is 4.58. The third kappa shape index (κ3) is 3.36. The number of nitrogens with zero attached hydrogens (tertiary/aromatic N) is 1. The largest absolute Gasteiger partial charge is 0.346 e. The van der Waals surface area contributed by atoms with Crippen molar-refractivity contribution in [2.45, 2.75) is 12.8 Å². The number of fused-ring (bicyclic) bond motifs is 1. The zero-order valence-electron chi connectivity index (χ0n) is 13.8. The van der Waals surface area contributed by atoms with Crippen LogP contribution in [0.4, 0.5) is 0 Å². The molecule has 0 radical (unpaired) electrons. The maximum absolute atomic E-state index is 12.3. The van der Waals surface area contributed by atoms with Crippen molar-refractivity contribution >= 4 is 16.8 Å². The van der Waals surface area contributed by atoms with Crippen LogP contribution in [0.5, 0.6) is 0 Å². The molecule has 0 aliphatic carbocycles. The average molecular weight is 326 g/mol. The molecule has 0 unspecified atom stereocenters. The smallest absolute Gasteiger partial charge is 0.167 e. The molecule has 0 saturated carbocycles. The summed E-state index contributed by atoms with van der Waals surface area (Å²) < 4.78 is 0. The monoisotopic (exact) mass is 326 g/mol. The first kappa shape index (κ1) is 15.3. The highest BCUT2D eigenvalue weighted by Crippen LogP contribution is 2.20. The minimum atomic E-state index is 0.149. The van der Waals surface area contributed by atoms with Gasteiger partial charge in [0.1, 0.15) is 5.65 Å². The molecule has 0 bridgehead atoms. The highest BCUT2D eigenvalue weighted by atomic mass is 16.1. The zero-order valence-corrected chi connectivity index (χ0v) is 13.8. The summed E-state index contributed by atoms with van der Waals surface area (Å²) in [6.07, 6.45) is 5.09. The number of nitrogens with one attached hydrogen (secondary N) is 1. The minimum Gasteiger partial charge on any atom is -0.346 e. The summed E-state index contributed by atoms with van der Waals surface area (Å²) >= 11 is 0. The van der Waals surface area contributed by atoms with Gasteiger partial charge in [-0.15, -0.1) is 0 Å². The molecule has 2 aromatic heterocycles. The van der Waals surface area contributed by atoms with Crippen LogP contribution in [0.3, 0.4) is 0 Å². The van der Waals surface area contributed by atoms with E-state index in [4.69, 9.17) is 0 Å². The van der Waals surface area contributed by atoms with Crippen LogP contribution in [0.1, 0.15) is 27.0 Å². The average Bonchev–Trinajstić information content (AvgIpc) is 3.07. The Balaban J connectivity index is 1.48. The van der Waals surface area contributed by atoms with Crippen molar-refractivity contribution < 1.29 is 4.79 Å². The number of aromatic amines is 1. The number of Topliss-reactive ketones (excluding diaryl/α,β-unsaturated/α-hetero) is 1. The van der Waals surface area contributed by atoms with Crippen LogP contribution in [-0.4, -0.2) is 15.8 Å². The quantitative estimate of drug-likeness (QED) is 0.546. The van der Waals surface area contributed by atoms with E-state index in [1.165, 1.54) is 11.1 Å². The van der Waals surface area contributed by atoms with Crippen molar-refractivity contribution in [3.63, 3.8) is 0 Å². The molecule has 0 spiro atoms. The van der Waals surface area contributed by atoms with E-state index in [0.29, 0.717) is 6.42 Å². The summed E-state index contributed by atoms with van der Waals surface area (Å²) in [6.45, 7) is 0.